The average molecular weight is 390 g/mol. The highest BCUT2D eigenvalue weighted by molar-refractivity contribution is 8.15. The first-order valence-electron chi connectivity index (χ1n) is 7.75. The van der Waals surface area contributed by atoms with Crippen LogP contribution in [0.5, 0.6) is 11.5 Å². The molecule has 2 aromatic carbocycles. The number of phenols is 1. The summed E-state index contributed by atoms with van der Waals surface area (Å²) in [7, 11) is 1.47. The fraction of sp³-hybridized carbons (Fsp3) is 0.167. The van der Waals surface area contributed by atoms with E-state index in [1.807, 2.05) is 12.1 Å². The summed E-state index contributed by atoms with van der Waals surface area (Å²) in [4.78, 5) is 12.1. The zero-order valence-corrected chi connectivity index (χ0v) is 15.4. The highest BCUT2D eigenvalue weighted by Gasteiger charge is 2.30. The number of benzene rings is 2. The maximum atomic E-state index is 12.1. The number of aromatic hydroxyl groups is 1. The number of halogens is 1. The number of hydrogen-bond acceptors (Lipinski definition) is 6. The van der Waals surface area contributed by atoms with E-state index in [1.54, 1.807) is 24.3 Å². The summed E-state index contributed by atoms with van der Waals surface area (Å²) in [6, 6.07) is 12.3. The van der Waals surface area contributed by atoms with Crippen LogP contribution in [0.2, 0.25) is 5.02 Å². The van der Waals surface area contributed by atoms with Crippen molar-refractivity contribution in [3.05, 3.63) is 58.6 Å². The summed E-state index contributed by atoms with van der Waals surface area (Å²) in [6.07, 6.45) is 2.11. The molecule has 3 rings (SSSR count). The molecule has 2 aromatic rings. The number of rotatable bonds is 5. The lowest BCUT2D eigenvalue weighted by molar-refractivity contribution is -0.118. The molecular weight excluding hydrogens is 374 g/mol. The van der Waals surface area contributed by atoms with Gasteiger partial charge in [0, 0.05) is 5.02 Å². The molecule has 0 bridgehead atoms. The molecule has 6 nitrogen and oxygen atoms in total. The topological polar surface area (TPSA) is 83.3 Å². The molecule has 0 radical (unpaired) electrons. The summed E-state index contributed by atoms with van der Waals surface area (Å²) >= 11 is 7.22. The molecule has 2 N–H and O–H groups in total. The first kappa shape index (κ1) is 18.3. The second kappa shape index (κ2) is 8.25. The van der Waals surface area contributed by atoms with E-state index in [1.165, 1.54) is 31.2 Å². The van der Waals surface area contributed by atoms with Crippen LogP contribution in [0.3, 0.4) is 0 Å². The van der Waals surface area contributed by atoms with Crippen molar-refractivity contribution in [2.75, 3.05) is 7.11 Å². The van der Waals surface area contributed by atoms with Crippen molar-refractivity contribution in [3.8, 4) is 11.5 Å². The van der Waals surface area contributed by atoms with E-state index in [-0.39, 0.29) is 16.9 Å². The van der Waals surface area contributed by atoms with E-state index in [4.69, 9.17) is 16.3 Å². The van der Waals surface area contributed by atoms with Crippen molar-refractivity contribution < 1.29 is 14.6 Å². The summed E-state index contributed by atoms with van der Waals surface area (Å²) < 4.78 is 5.04. The number of amides is 1. The third kappa shape index (κ3) is 4.56. The van der Waals surface area contributed by atoms with Crippen LogP contribution >= 0.6 is 23.4 Å². The number of nitrogens with zero attached hydrogens (tertiary/aromatic N) is 2. The zero-order chi connectivity index (χ0) is 18.5. The van der Waals surface area contributed by atoms with E-state index >= 15 is 0 Å². The first-order valence-corrected chi connectivity index (χ1v) is 9.01. The molecule has 0 spiro atoms. The lowest BCUT2D eigenvalue weighted by atomic mass is 10.1. The standard InChI is InChI=1S/C18H16ClN3O3S/c1-25-15-8-12(4-7-14(15)23)10-20-22-18-21-17(24)16(26-18)9-11-2-5-13(19)6-3-11/h2-8,10,16,23H,9H2,1H3,(H,21,22,24)/b20-10-/t16-/m0/s1. The van der Waals surface area contributed by atoms with Gasteiger partial charge in [-0.2, -0.15) is 5.10 Å². The Hall–Kier alpha value is -2.51. The number of ether oxygens (including phenoxy) is 1. The van der Waals surface area contributed by atoms with Crippen LogP contribution in [0.25, 0.3) is 0 Å². The molecule has 0 aromatic heterocycles. The largest absolute Gasteiger partial charge is 0.504 e. The van der Waals surface area contributed by atoms with Gasteiger partial charge in [0.15, 0.2) is 16.7 Å². The van der Waals surface area contributed by atoms with Gasteiger partial charge in [-0.3, -0.25) is 4.79 Å². The van der Waals surface area contributed by atoms with Crippen molar-refractivity contribution in [1.29, 1.82) is 0 Å². The second-order valence-corrected chi connectivity index (χ2v) is 7.14. The van der Waals surface area contributed by atoms with Crippen molar-refractivity contribution in [1.82, 2.24) is 5.32 Å². The Balaban J connectivity index is 1.63. The number of methoxy groups -OCH3 is 1. The zero-order valence-electron chi connectivity index (χ0n) is 13.8. The van der Waals surface area contributed by atoms with Gasteiger partial charge in [-0.25, -0.2) is 0 Å². The van der Waals surface area contributed by atoms with Crippen molar-refractivity contribution in [3.63, 3.8) is 0 Å². The molecule has 26 heavy (non-hydrogen) atoms. The number of hydrogen-bond donors (Lipinski definition) is 2. The molecule has 1 heterocycles. The summed E-state index contributed by atoms with van der Waals surface area (Å²) in [5.41, 5.74) is 1.75. The molecule has 1 fully saturated rings. The van der Waals surface area contributed by atoms with Gasteiger partial charge in [0.1, 0.15) is 0 Å². The van der Waals surface area contributed by atoms with Gasteiger partial charge in [-0.15, -0.1) is 5.10 Å². The molecule has 134 valence electrons. The van der Waals surface area contributed by atoms with Crippen LogP contribution in [0, 0.1) is 0 Å². The van der Waals surface area contributed by atoms with Crippen LogP contribution in [0.4, 0.5) is 0 Å². The van der Waals surface area contributed by atoms with E-state index in [2.05, 4.69) is 15.5 Å². The molecule has 8 heteroatoms. The molecule has 1 saturated heterocycles. The van der Waals surface area contributed by atoms with E-state index in [0.29, 0.717) is 22.4 Å². The molecule has 1 aliphatic rings. The predicted octanol–water partition coefficient (Wildman–Crippen LogP) is 3.22. The monoisotopic (exact) mass is 389 g/mol. The van der Waals surface area contributed by atoms with E-state index in [9.17, 15) is 9.90 Å². The summed E-state index contributed by atoms with van der Waals surface area (Å²) in [5, 5.41) is 21.2. The average Bonchev–Trinajstić information content (AvgIpc) is 2.98. The Morgan fingerprint density at radius 2 is 2.08 bits per heavy atom. The van der Waals surface area contributed by atoms with E-state index < -0.39 is 0 Å². The predicted molar refractivity (Wildman–Crippen MR) is 104 cm³/mol. The van der Waals surface area contributed by atoms with Crippen LogP contribution in [-0.4, -0.2) is 34.8 Å². The molecular formula is C18H16ClN3O3S. The minimum Gasteiger partial charge on any atom is -0.504 e. The summed E-state index contributed by atoms with van der Waals surface area (Å²) in [6.45, 7) is 0. The molecule has 1 amide bonds. The number of nitrogens with one attached hydrogen (secondary N) is 1. The highest BCUT2D eigenvalue weighted by atomic mass is 35.5. The van der Waals surface area contributed by atoms with Crippen LogP contribution in [0.1, 0.15) is 11.1 Å². The SMILES string of the molecule is COc1cc(/C=N\N=C2\NC(=O)[C@H](Cc3ccc(Cl)cc3)S2)ccc1O. The minimum absolute atomic E-state index is 0.0552. The quantitative estimate of drug-likeness (QED) is 0.607. The Bertz CT molecular complexity index is 868. The Labute approximate surface area is 159 Å². The van der Waals surface area contributed by atoms with Gasteiger partial charge in [0.05, 0.1) is 18.6 Å². The van der Waals surface area contributed by atoms with Gasteiger partial charge in [-0.1, -0.05) is 35.5 Å². The van der Waals surface area contributed by atoms with Crippen LogP contribution in [0.15, 0.2) is 52.7 Å². The fourth-order valence-corrected chi connectivity index (χ4v) is 3.43. The number of carbonyl (C=O) groups excluding carboxylic acids is 1. The molecule has 0 saturated carbocycles. The lowest BCUT2D eigenvalue weighted by Gasteiger charge is -2.05. The third-order valence-corrected chi connectivity index (χ3v) is 4.99. The minimum atomic E-state index is -0.251. The van der Waals surface area contributed by atoms with Crippen LogP contribution < -0.4 is 10.1 Å². The lowest BCUT2D eigenvalue weighted by Crippen LogP contribution is -2.25. The maximum absolute atomic E-state index is 12.1. The molecule has 0 aliphatic carbocycles. The number of amidine groups is 1. The normalized spacial score (nSPS) is 18.5. The highest BCUT2D eigenvalue weighted by Crippen LogP contribution is 2.26. The Morgan fingerprint density at radius 1 is 1.31 bits per heavy atom. The number of thioether (sulfide) groups is 1. The summed E-state index contributed by atoms with van der Waals surface area (Å²) in [5.74, 6) is 0.318. The number of carbonyl (C=O) groups is 1. The Morgan fingerprint density at radius 3 is 2.81 bits per heavy atom. The first-order chi connectivity index (χ1) is 12.5. The Kier molecular flexibility index (Phi) is 5.80. The van der Waals surface area contributed by atoms with Crippen molar-refractivity contribution >= 4 is 40.7 Å². The molecule has 1 atom stereocenters. The smallest absolute Gasteiger partial charge is 0.239 e. The van der Waals surface area contributed by atoms with Gasteiger partial charge in [0.25, 0.3) is 0 Å². The second-order valence-electron chi connectivity index (χ2n) is 5.51. The van der Waals surface area contributed by atoms with Gasteiger partial charge in [-0.05, 0) is 47.9 Å². The van der Waals surface area contributed by atoms with Crippen molar-refractivity contribution in [2.24, 2.45) is 10.2 Å². The van der Waals surface area contributed by atoms with E-state index in [0.717, 1.165) is 11.1 Å². The van der Waals surface area contributed by atoms with Crippen LogP contribution in [-0.2, 0) is 11.2 Å². The number of phenolic OH excluding ortho intramolecular Hbond substituents is 1. The van der Waals surface area contributed by atoms with Gasteiger partial charge >= 0.3 is 0 Å². The van der Waals surface area contributed by atoms with Gasteiger partial charge < -0.3 is 15.2 Å². The maximum Gasteiger partial charge on any atom is 0.239 e. The molecule has 0 unspecified atom stereocenters. The third-order valence-electron chi connectivity index (χ3n) is 3.67. The van der Waals surface area contributed by atoms with Crippen molar-refractivity contribution in [2.45, 2.75) is 11.7 Å². The van der Waals surface area contributed by atoms with Gasteiger partial charge in [0.2, 0.25) is 5.91 Å². The molecule has 1 aliphatic heterocycles. The fourth-order valence-electron chi connectivity index (χ4n) is 2.34.